The second-order valence-corrected chi connectivity index (χ2v) is 8.24. The first kappa shape index (κ1) is 19.5. The van der Waals surface area contributed by atoms with E-state index in [2.05, 4.69) is 52.1 Å². The van der Waals surface area contributed by atoms with Crippen LogP contribution >= 0.6 is 11.8 Å². The maximum absolute atomic E-state index is 13.3. The summed E-state index contributed by atoms with van der Waals surface area (Å²) in [5.41, 5.74) is 7.71. The summed E-state index contributed by atoms with van der Waals surface area (Å²) in [6.45, 7) is 6.18. The van der Waals surface area contributed by atoms with E-state index >= 15 is 0 Å². The molecular formula is C22H25N5OS. The highest BCUT2D eigenvalue weighted by atomic mass is 32.2. The van der Waals surface area contributed by atoms with Gasteiger partial charge in [0.1, 0.15) is 5.25 Å². The van der Waals surface area contributed by atoms with Gasteiger partial charge in [-0.05, 0) is 36.1 Å². The van der Waals surface area contributed by atoms with Crippen LogP contribution in [0.5, 0.6) is 0 Å². The highest BCUT2D eigenvalue weighted by Crippen LogP contribution is 2.37. The minimum absolute atomic E-state index is 0.0475. The molecular weight excluding hydrogens is 382 g/mol. The van der Waals surface area contributed by atoms with Crippen molar-refractivity contribution in [2.45, 2.75) is 50.1 Å². The second-order valence-electron chi connectivity index (χ2n) is 7.13. The summed E-state index contributed by atoms with van der Waals surface area (Å²) in [4.78, 5) is 13.3. The first-order chi connectivity index (χ1) is 14.1. The van der Waals surface area contributed by atoms with Crippen LogP contribution in [0, 0.1) is 6.92 Å². The summed E-state index contributed by atoms with van der Waals surface area (Å²) in [6, 6.07) is 16.1. The Morgan fingerprint density at radius 2 is 1.86 bits per heavy atom. The monoisotopic (exact) mass is 407 g/mol. The van der Waals surface area contributed by atoms with Gasteiger partial charge in [-0.25, -0.2) is 4.68 Å². The Morgan fingerprint density at radius 3 is 2.55 bits per heavy atom. The quantitative estimate of drug-likeness (QED) is 0.666. The predicted octanol–water partition coefficient (Wildman–Crippen LogP) is 4.11. The van der Waals surface area contributed by atoms with Crippen molar-refractivity contribution in [3.8, 4) is 0 Å². The Morgan fingerprint density at radius 1 is 1.10 bits per heavy atom. The number of aryl methyl sites for hydroxylation is 3. The molecule has 29 heavy (non-hydrogen) atoms. The fourth-order valence-corrected chi connectivity index (χ4v) is 4.55. The zero-order valence-electron chi connectivity index (χ0n) is 16.8. The first-order valence-electron chi connectivity index (χ1n) is 9.93. The molecule has 2 atom stereocenters. The van der Waals surface area contributed by atoms with E-state index in [1.807, 2.05) is 42.8 Å². The average Bonchev–Trinajstić information content (AvgIpc) is 3.16. The number of fused-ring (bicyclic) bond motifs is 1. The number of carbonyl (C=O) groups excluding carboxylic acids is 1. The van der Waals surface area contributed by atoms with E-state index in [0.29, 0.717) is 5.16 Å². The minimum atomic E-state index is -0.372. The van der Waals surface area contributed by atoms with Crippen molar-refractivity contribution in [2.24, 2.45) is 0 Å². The lowest BCUT2D eigenvalue weighted by Gasteiger charge is -2.33. The summed E-state index contributed by atoms with van der Waals surface area (Å²) in [5.74, 6) is 0.814. The number of hydrogen-bond acceptors (Lipinski definition) is 5. The molecule has 1 aliphatic rings. The number of thioether (sulfide) groups is 1. The molecule has 2 aromatic carbocycles. The summed E-state index contributed by atoms with van der Waals surface area (Å²) in [5, 5.41) is 12.0. The van der Waals surface area contributed by atoms with Crippen LogP contribution < -0.4 is 10.7 Å². The van der Waals surface area contributed by atoms with Gasteiger partial charge in [-0.1, -0.05) is 68.1 Å². The highest BCUT2D eigenvalue weighted by Gasteiger charge is 2.37. The number of carbonyl (C=O) groups is 1. The van der Waals surface area contributed by atoms with E-state index in [9.17, 15) is 4.79 Å². The summed E-state index contributed by atoms with van der Waals surface area (Å²) in [7, 11) is 0. The first-order valence-corrected chi connectivity index (χ1v) is 10.8. The summed E-state index contributed by atoms with van der Waals surface area (Å²) in [6.07, 6.45) is 1.75. The van der Waals surface area contributed by atoms with Crippen LogP contribution in [0.25, 0.3) is 0 Å². The maximum Gasteiger partial charge on any atom is 0.240 e. The van der Waals surface area contributed by atoms with E-state index in [0.717, 1.165) is 35.5 Å². The number of nitrogens with zero attached hydrogens (tertiary/aromatic N) is 3. The normalized spacial score (nSPS) is 18.0. The number of rotatable bonds is 5. The predicted molar refractivity (Wildman–Crippen MR) is 117 cm³/mol. The van der Waals surface area contributed by atoms with Gasteiger partial charge in [0.2, 0.25) is 11.1 Å². The Bertz CT molecular complexity index is 1010. The Hall–Kier alpha value is -2.80. The number of anilines is 1. The van der Waals surface area contributed by atoms with Gasteiger partial charge in [0.15, 0.2) is 5.82 Å². The number of para-hydroxylation sites is 1. The minimum Gasteiger partial charge on any atom is -0.325 e. The van der Waals surface area contributed by atoms with Crippen LogP contribution in [0.4, 0.5) is 5.69 Å². The fourth-order valence-electron chi connectivity index (χ4n) is 3.46. The smallest absolute Gasteiger partial charge is 0.240 e. The molecule has 0 saturated heterocycles. The van der Waals surface area contributed by atoms with Crippen molar-refractivity contribution in [3.05, 3.63) is 71.0 Å². The lowest BCUT2D eigenvalue weighted by Crippen LogP contribution is -2.41. The van der Waals surface area contributed by atoms with E-state index in [-0.39, 0.29) is 17.2 Å². The van der Waals surface area contributed by atoms with Gasteiger partial charge in [-0.3, -0.25) is 4.79 Å². The molecule has 7 heteroatoms. The topological polar surface area (TPSA) is 71.8 Å². The van der Waals surface area contributed by atoms with Crippen LogP contribution in [-0.2, 0) is 17.6 Å². The average molecular weight is 408 g/mol. The largest absolute Gasteiger partial charge is 0.325 e. The zero-order chi connectivity index (χ0) is 20.4. The molecule has 0 saturated carbocycles. The number of amides is 1. The van der Waals surface area contributed by atoms with E-state index in [1.54, 1.807) is 0 Å². The third kappa shape index (κ3) is 3.87. The van der Waals surface area contributed by atoms with Crippen LogP contribution in [0.15, 0.2) is 53.7 Å². The van der Waals surface area contributed by atoms with Crippen molar-refractivity contribution in [1.29, 1.82) is 0 Å². The van der Waals surface area contributed by atoms with E-state index in [1.165, 1.54) is 17.3 Å². The molecule has 0 radical (unpaired) electrons. The molecule has 0 unspecified atom stereocenters. The molecule has 4 rings (SSSR count). The van der Waals surface area contributed by atoms with E-state index in [4.69, 9.17) is 0 Å². The van der Waals surface area contributed by atoms with Crippen LogP contribution in [0.1, 0.15) is 42.4 Å². The molecule has 0 bridgehead atoms. The van der Waals surface area contributed by atoms with Gasteiger partial charge in [0.25, 0.3) is 0 Å². The molecule has 2 heterocycles. The molecule has 0 fully saturated rings. The fraction of sp³-hybridized carbons (Fsp3) is 0.318. The van der Waals surface area contributed by atoms with Gasteiger partial charge >= 0.3 is 0 Å². The lowest BCUT2D eigenvalue weighted by atomic mass is 10.0. The standard InChI is InChI=1S/C22H25N5OS/c1-4-15-10-12-16(13-11-15)19-20(21(28)23-17-9-7-6-8-14(17)3)29-22-25-24-18(5-2)27(22)26-19/h6-13,19-20,26H,4-5H2,1-3H3,(H,23,28)/t19-,20+/m1/s1. The SMILES string of the molecule is CCc1ccc([C@H]2Nn3c(CC)nnc3S[C@@H]2C(=O)Nc2ccccc2C)cc1. The molecule has 0 aliphatic carbocycles. The molecule has 1 amide bonds. The molecule has 2 N–H and O–H groups in total. The van der Waals surface area contributed by atoms with Gasteiger partial charge in [-0.2, -0.15) is 0 Å². The molecule has 1 aliphatic heterocycles. The Labute approximate surface area is 175 Å². The molecule has 6 nitrogen and oxygen atoms in total. The van der Waals surface area contributed by atoms with Crippen molar-refractivity contribution >= 4 is 23.4 Å². The third-order valence-corrected chi connectivity index (χ3v) is 6.44. The molecule has 1 aromatic heterocycles. The molecule has 0 spiro atoms. The summed E-state index contributed by atoms with van der Waals surface area (Å²) >= 11 is 1.45. The van der Waals surface area contributed by atoms with Crippen molar-refractivity contribution in [1.82, 2.24) is 14.9 Å². The molecule has 3 aromatic rings. The summed E-state index contributed by atoms with van der Waals surface area (Å²) < 4.78 is 1.92. The van der Waals surface area contributed by atoms with Crippen LogP contribution in [0.2, 0.25) is 0 Å². The Kier molecular flexibility index (Phi) is 5.58. The van der Waals surface area contributed by atoms with E-state index < -0.39 is 0 Å². The highest BCUT2D eigenvalue weighted by molar-refractivity contribution is 8.00. The number of hydrogen-bond donors (Lipinski definition) is 2. The zero-order valence-corrected chi connectivity index (χ0v) is 17.7. The number of benzene rings is 2. The van der Waals surface area contributed by atoms with Gasteiger partial charge < -0.3 is 10.7 Å². The number of aromatic nitrogens is 3. The third-order valence-electron chi connectivity index (χ3n) is 5.23. The van der Waals surface area contributed by atoms with Crippen LogP contribution in [-0.4, -0.2) is 26.0 Å². The van der Waals surface area contributed by atoms with Crippen molar-refractivity contribution in [3.63, 3.8) is 0 Å². The van der Waals surface area contributed by atoms with Crippen LogP contribution in [0.3, 0.4) is 0 Å². The van der Waals surface area contributed by atoms with Gasteiger partial charge in [-0.15, -0.1) is 10.2 Å². The number of nitrogens with one attached hydrogen (secondary N) is 2. The van der Waals surface area contributed by atoms with Gasteiger partial charge in [0.05, 0.1) is 6.04 Å². The second kappa shape index (κ2) is 8.29. The van der Waals surface area contributed by atoms with Gasteiger partial charge in [0, 0.05) is 12.1 Å². The Balaban J connectivity index is 1.68. The maximum atomic E-state index is 13.3. The lowest BCUT2D eigenvalue weighted by molar-refractivity contribution is -0.116. The van der Waals surface area contributed by atoms with Crippen molar-refractivity contribution < 1.29 is 4.79 Å². The van der Waals surface area contributed by atoms with Crippen molar-refractivity contribution in [2.75, 3.05) is 10.7 Å². The molecule has 150 valence electrons.